The lowest BCUT2D eigenvalue weighted by atomic mass is 10.0. The van der Waals surface area contributed by atoms with E-state index in [1.807, 2.05) is 24.3 Å². The van der Waals surface area contributed by atoms with E-state index in [9.17, 15) is 10.1 Å². The summed E-state index contributed by atoms with van der Waals surface area (Å²) in [5, 5.41) is 15.1. The molecule has 0 aliphatic carbocycles. The Morgan fingerprint density at radius 2 is 2.00 bits per heavy atom. The van der Waals surface area contributed by atoms with Gasteiger partial charge in [-0.25, -0.2) is 0 Å². The smallest absolute Gasteiger partial charge is 0.270 e. The second kappa shape index (κ2) is 4.64. The van der Waals surface area contributed by atoms with Crippen molar-refractivity contribution in [3.05, 3.63) is 58.1 Å². The number of nitrogens with one attached hydrogen (secondary N) is 2. The molecule has 0 bridgehead atoms. The SMILES string of the molecule is O=[N+]([O-])c1ccc2[nH]c3c(c2c1)CC(=S)Nc1ccccc1-3. The van der Waals surface area contributed by atoms with Gasteiger partial charge >= 0.3 is 0 Å². The number of aromatic amines is 1. The number of para-hydroxylation sites is 1. The minimum atomic E-state index is -0.375. The van der Waals surface area contributed by atoms with Crippen LogP contribution in [0.5, 0.6) is 0 Å². The first kappa shape index (κ1) is 13.0. The minimum Gasteiger partial charge on any atom is -0.354 e. The molecule has 0 spiro atoms. The number of non-ortho nitro benzene ring substituents is 1. The van der Waals surface area contributed by atoms with Gasteiger partial charge in [0.15, 0.2) is 0 Å². The van der Waals surface area contributed by atoms with E-state index in [2.05, 4.69) is 10.3 Å². The second-order valence-corrected chi connectivity index (χ2v) is 5.73. The van der Waals surface area contributed by atoms with Crippen molar-refractivity contribution in [2.75, 3.05) is 5.32 Å². The molecule has 2 aromatic carbocycles. The average Bonchev–Trinajstić information content (AvgIpc) is 2.78. The highest BCUT2D eigenvalue weighted by Crippen LogP contribution is 2.38. The fraction of sp³-hybridized carbons (Fsp3) is 0.0625. The molecule has 0 radical (unpaired) electrons. The molecule has 0 atom stereocenters. The summed E-state index contributed by atoms with van der Waals surface area (Å²) in [6.07, 6.45) is 0.556. The summed E-state index contributed by atoms with van der Waals surface area (Å²) in [5.41, 5.74) is 4.92. The van der Waals surface area contributed by atoms with Gasteiger partial charge in [-0.3, -0.25) is 10.1 Å². The molecule has 0 amide bonds. The number of nitrogens with zero attached hydrogens (tertiary/aromatic N) is 1. The molecule has 2 N–H and O–H groups in total. The van der Waals surface area contributed by atoms with Crippen LogP contribution in [0.2, 0.25) is 0 Å². The Hall–Kier alpha value is -2.73. The molecular formula is C16H11N3O2S. The first-order valence-corrected chi connectivity index (χ1v) is 7.22. The fourth-order valence-electron chi connectivity index (χ4n) is 2.93. The van der Waals surface area contributed by atoms with Crippen LogP contribution in [0.4, 0.5) is 11.4 Å². The van der Waals surface area contributed by atoms with Crippen molar-refractivity contribution in [3.63, 3.8) is 0 Å². The van der Waals surface area contributed by atoms with Crippen LogP contribution >= 0.6 is 12.2 Å². The Morgan fingerprint density at radius 3 is 2.82 bits per heavy atom. The predicted molar refractivity (Wildman–Crippen MR) is 90.3 cm³/mol. The number of hydrogen-bond acceptors (Lipinski definition) is 3. The molecule has 108 valence electrons. The third kappa shape index (κ3) is 1.88. The monoisotopic (exact) mass is 309 g/mol. The van der Waals surface area contributed by atoms with E-state index in [4.69, 9.17) is 12.2 Å². The summed E-state index contributed by atoms with van der Waals surface area (Å²) in [6, 6.07) is 12.8. The summed E-state index contributed by atoms with van der Waals surface area (Å²) < 4.78 is 0. The maximum atomic E-state index is 11.0. The van der Waals surface area contributed by atoms with E-state index in [0.29, 0.717) is 11.4 Å². The van der Waals surface area contributed by atoms with Gasteiger partial charge in [0.1, 0.15) is 0 Å². The number of aromatic nitrogens is 1. The van der Waals surface area contributed by atoms with Gasteiger partial charge in [0, 0.05) is 40.7 Å². The van der Waals surface area contributed by atoms with Gasteiger partial charge in [0.2, 0.25) is 0 Å². The Bertz CT molecular complexity index is 946. The number of fused-ring (bicyclic) bond motifs is 5. The molecule has 5 nitrogen and oxygen atoms in total. The molecule has 1 aliphatic heterocycles. The number of hydrogen-bond donors (Lipinski definition) is 2. The molecule has 2 heterocycles. The number of nitro benzene ring substituents is 1. The van der Waals surface area contributed by atoms with Gasteiger partial charge in [-0.15, -0.1) is 0 Å². The third-order valence-corrected chi connectivity index (χ3v) is 4.15. The number of rotatable bonds is 1. The summed E-state index contributed by atoms with van der Waals surface area (Å²) in [4.78, 5) is 14.7. The molecule has 4 rings (SSSR count). The quantitative estimate of drug-likeness (QED) is 0.404. The van der Waals surface area contributed by atoms with Gasteiger partial charge in [0.25, 0.3) is 5.69 Å². The molecule has 3 aromatic rings. The fourth-order valence-corrected chi connectivity index (χ4v) is 3.18. The third-order valence-electron chi connectivity index (χ3n) is 3.91. The van der Waals surface area contributed by atoms with Crippen LogP contribution in [0.3, 0.4) is 0 Å². The Morgan fingerprint density at radius 1 is 1.18 bits per heavy atom. The Kier molecular flexibility index (Phi) is 2.74. The first-order chi connectivity index (χ1) is 10.6. The van der Waals surface area contributed by atoms with Crippen LogP contribution < -0.4 is 5.32 Å². The van der Waals surface area contributed by atoms with Crippen LogP contribution in [-0.4, -0.2) is 14.9 Å². The van der Waals surface area contributed by atoms with E-state index < -0.39 is 0 Å². The van der Waals surface area contributed by atoms with Crippen molar-refractivity contribution in [1.29, 1.82) is 0 Å². The molecule has 1 aromatic heterocycles. The van der Waals surface area contributed by atoms with Gasteiger partial charge in [-0.1, -0.05) is 30.4 Å². The maximum absolute atomic E-state index is 11.0. The number of H-pyrrole nitrogens is 1. The van der Waals surface area contributed by atoms with Crippen molar-refractivity contribution in [1.82, 2.24) is 4.98 Å². The summed E-state index contributed by atoms with van der Waals surface area (Å²) >= 11 is 5.40. The summed E-state index contributed by atoms with van der Waals surface area (Å²) in [7, 11) is 0. The number of anilines is 1. The molecule has 6 heteroatoms. The van der Waals surface area contributed by atoms with E-state index in [1.165, 1.54) is 6.07 Å². The van der Waals surface area contributed by atoms with Gasteiger partial charge < -0.3 is 10.3 Å². The van der Waals surface area contributed by atoms with Crippen LogP contribution in [0.25, 0.3) is 22.2 Å². The number of benzene rings is 2. The summed E-state index contributed by atoms with van der Waals surface area (Å²) in [5.74, 6) is 0. The molecule has 1 aliphatic rings. The van der Waals surface area contributed by atoms with E-state index >= 15 is 0 Å². The topological polar surface area (TPSA) is 71.0 Å². The highest BCUT2D eigenvalue weighted by Gasteiger charge is 2.22. The Labute approximate surface area is 131 Å². The van der Waals surface area contributed by atoms with E-state index in [-0.39, 0.29) is 10.6 Å². The van der Waals surface area contributed by atoms with Gasteiger partial charge in [-0.05, 0) is 17.7 Å². The molecule has 22 heavy (non-hydrogen) atoms. The van der Waals surface area contributed by atoms with Crippen molar-refractivity contribution in [2.24, 2.45) is 0 Å². The zero-order valence-electron chi connectivity index (χ0n) is 11.4. The van der Waals surface area contributed by atoms with Crippen LogP contribution in [0.1, 0.15) is 5.56 Å². The lowest BCUT2D eigenvalue weighted by Gasteiger charge is -2.07. The Balaban J connectivity index is 2.05. The molecule has 0 fully saturated rings. The van der Waals surface area contributed by atoms with E-state index in [0.717, 1.165) is 33.4 Å². The molecule has 0 saturated carbocycles. The number of thiocarbonyl (C=S) groups is 1. The lowest BCUT2D eigenvalue weighted by molar-refractivity contribution is -0.384. The highest BCUT2D eigenvalue weighted by molar-refractivity contribution is 7.80. The molecular weight excluding hydrogens is 298 g/mol. The number of nitro groups is 1. The first-order valence-electron chi connectivity index (χ1n) is 6.82. The van der Waals surface area contributed by atoms with Crippen molar-refractivity contribution < 1.29 is 4.92 Å². The minimum absolute atomic E-state index is 0.0886. The largest absolute Gasteiger partial charge is 0.354 e. The predicted octanol–water partition coefficient (Wildman–Crippen LogP) is 4.04. The maximum Gasteiger partial charge on any atom is 0.270 e. The van der Waals surface area contributed by atoms with E-state index in [1.54, 1.807) is 12.1 Å². The summed E-state index contributed by atoms with van der Waals surface area (Å²) in [6.45, 7) is 0. The zero-order valence-corrected chi connectivity index (χ0v) is 12.2. The second-order valence-electron chi connectivity index (χ2n) is 5.24. The molecule has 0 saturated heterocycles. The van der Waals surface area contributed by atoms with Gasteiger partial charge in [-0.2, -0.15) is 0 Å². The average molecular weight is 309 g/mol. The molecule has 0 unspecified atom stereocenters. The van der Waals surface area contributed by atoms with Crippen molar-refractivity contribution >= 4 is 39.5 Å². The van der Waals surface area contributed by atoms with Crippen LogP contribution in [0, 0.1) is 10.1 Å². The standard InChI is InChI=1S/C16H11N3O2S/c20-19(21)9-5-6-14-11(7-9)12-8-15(22)17-13-4-2-1-3-10(13)16(12)18-14/h1-7,18H,8H2,(H,17,22). The highest BCUT2D eigenvalue weighted by atomic mass is 32.1. The normalized spacial score (nSPS) is 13.2. The van der Waals surface area contributed by atoms with Gasteiger partial charge in [0.05, 0.1) is 15.6 Å². The van der Waals surface area contributed by atoms with Crippen molar-refractivity contribution in [3.8, 4) is 11.3 Å². The van der Waals surface area contributed by atoms with Crippen LogP contribution in [0.15, 0.2) is 42.5 Å². The van der Waals surface area contributed by atoms with Crippen molar-refractivity contribution in [2.45, 2.75) is 6.42 Å². The van der Waals surface area contributed by atoms with Crippen LogP contribution in [-0.2, 0) is 6.42 Å². The lowest BCUT2D eigenvalue weighted by Crippen LogP contribution is -2.10. The zero-order chi connectivity index (χ0) is 15.3.